The molecule has 0 radical (unpaired) electrons. The number of aryl methyl sites for hydroxylation is 1. The van der Waals surface area contributed by atoms with Gasteiger partial charge in [-0.3, -0.25) is 0 Å². The zero-order valence-electron chi connectivity index (χ0n) is 10.6. The number of pyridine rings is 1. The Balaban J connectivity index is 2.10. The zero-order chi connectivity index (χ0) is 13.0. The molecule has 0 fully saturated rings. The summed E-state index contributed by atoms with van der Waals surface area (Å²) in [5.41, 5.74) is 8.22. The molecule has 0 saturated carbocycles. The number of benzene rings is 1. The Kier molecular flexibility index (Phi) is 3.67. The third-order valence-corrected chi connectivity index (χ3v) is 2.56. The average Bonchev–Trinajstić information content (AvgIpc) is 2.37. The van der Waals surface area contributed by atoms with Crippen LogP contribution < -0.4 is 15.8 Å². The van der Waals surface area contributed by atoms with Gasteiger partial charge in [0.25, 0.3) is 0 Å². The Bertz CT molecular complexity index is 523. The lowest BCUT2D eigenvalue weighted by Gasteiger charge is -2.08. The highest BCUT2D eigenvalue weighted by Crippen LogP contribution is 2.20. The second kappa shape index (κ2) is 5.40. The molecule has 4 heteroatoms. The normalized spacial score (nSPS) is 10.1. The van der Waals surface area contributed by atoms with E-state index in [1.165, 1.54) is 0 Å². The molecule has 1 aromatic heterocycles. The van der Waals surface area contributed by atoms with Gasteiger partial charge in [-0.15, -0.1) is 0 Å². The van der Waals surface area contributed by atoms with Crippen molar-refractivity contribution in [2.45, 2.75) is 13.8 Å². The van der Waals surface area contributed by atoms with Crippen molar-refractivity contribution < 1.29 is 4.74 Å². The number of aromatic nitrogens is 1. The number of rotatable bonds is 4. The van der Waals surface area contributed by atoms with Crippen LogP contribution in [0.5, 0.6) is 5.75 Å². The van der Waals surface area contributed by atoms with Crippen molar-refractivity contribution in [2.75, 3.05) is 17.7 Å². The topological polar surface area (TPSA) is 60.2 Å². The molecule has 2 aromatic rings. The largest absolute Gasteiger partial charge is 0.494 e. The second-order valence-electron chi connectivity index (χ2n) is 3.95. The van der Waals surface area contributed by atoms with E-state index in [-0.39, 0.29) is 0 Å². The smallest absolute Gasteiger partial charge is 0.130 e. The fourth-order valence-electron chi connectivity index (χ4n) is 1.59. The molecule has 0 atom stereocenters. The van der Waals surface area contributed by atoms with E-state index in [1.54, 1.807) is 0 Å². The molecular weight excluding hydrogens is 226 g/mol. The Labute approximate surface area is 107 Å². The van der Waals surface area contributed by atoms with Crippen LogP contribution >= 0.6 is 0 Å². The summed E-state index contributed by atoms with van der Waals surface area (Å²) in [5.74, 6) is 1.65. The molecule has 0 aliphatic carbocycles. The molecule has 1 aromatic carbocycles. The van der Waals surface area contributed by atoms with Crippen LogP contribution in [0.2, 0.25) is 0 Å². The van der Waals surface area contributed by atoms with Gasteiger partial charge >= 0.3 is 0 Å². The first kappa shape index (κ1) is 12.2. The van der Waals surface area contributed by atoms with Crippen LogP contribution in [0.1, 0.15) is 12.6 Å². The van der Waals surface area contributed by atoms with Crippen LogP contribution in [-0.4, -0.2) is 11.6 Å². The molecule has 0 saturated heterocycles. The van der Waals surface area contributed by atoms with Gasteiger partial charge in [0.1, 0.15) is 11.6 Å². The summed E-state index contributed by atoms with van der Waals surface area (Å²) in [7, 11) is 0. The molecule has 0 amide bonds. The Morgan fingerprint density at radius 3 is 2.50 bits per heavy atom. The highest BCUT2D eigenvalue weighted by atomic mass is 16.5. The molecule has 4 nitrogen and oxygen atoms in total. The van der Waals surface area contributed by atoms with Gasteiger partial charge in [-0.25, -0.2) is 4.98 Å². The highest BCUT2D eigenvalue weighted by molar-refractivity contribution is 5.59. The number of nitrogens with one attached hydrogen (secondary N) is 1. The van der Waals surface area contributed by atoms with Crippen molar-refractivity contribution in [1.29, 1.82) is 0 Å². The number of nitrogens with zero attached hydrogens (tertiary/aromatic N) is 1. The zero-order valence-corrected chi connectivity index (χ0v) is 10.6. The summed E-state index contributed by atoms with van der Waals surface area (Å²) < 4.78 is 5.39. The minimum Gasteiger partial charge on any atom is -0.494 e. The third kappa shape index (κ3) is 2.91. The average molecular weight is 243 g/mol. The quantitative estimate of drug-likeness (QED) is 0.866. The number of hydrogen-bond donors (Lipinski definition) is 2. The second-order valence-corrected chi connectivity index (χ2v) is 3.95. The third-order valence-electron chi connectivity index (χ3n) is 2.56. The number of nitrogens with two attached hydrogens (primary N) is 1. The summed E-state index contributed by atoms with van der Waals surface area (Å²) in [4.78, 5) is 4.36. The molecule has 0 unspecified atom stereocenters. The van der Waals surface area contributed by atoms with Gasteiger partial charge in [-0.1, -0.05) is 0 Å². The summed E-state index contributed by atoms with van der Waals surface area (Å²) in [6.45, 7) is 4.53. The van der Waals surface area contributed by atoms with Crippen molar-refractivity contribution >= 4 is 17.2 Å². The van der Waals surface area contributed by atoms with Crippen LogP contribution in [0, 0.1) is 6.92 Å². The van der Waals surface area contributed by atoms with Gasteiger partial charge in [0.05, 0.1) is 18.0 Å². The molecule has 2 rings (SSSR count). The van der Waals surface area contributed by atoms with Crippen LogP contribution in [0.15, 0.2) is 36.4 Å². The maximum absolute atomic E-state index is 5.73. The minimum absolute atomic E-state index is 0.672. The van der Waals surface area contributed by atoms with Gasteiger partial charge in [0.2, 0.25) is 0 Å². The van der Waals surface area contributed by atoms with E-state index in [4.69, 9.17) is 10.5 Å². The summed E-state index contributed by atoms with van der Waals surface area (Å²) in [6.07, 6.45) is 0. The first-order chi connectivity index (χ1) is 8.69. The summed E-state index contributed by atoms with van der Waals surface area (Å²) in [5, 5.41) is 3.22. The Morgan fingerprint density at radius 1 is 1.17 bits per heavy atom. The molecule has 1 heterocycles. The number of anilines is 3. The van der Waals surface area contributed by atoms with Crippen LogP contribution in [0.25, 0.3) is 0 Å². The highest BCUT2D eigenvalue weighted by Gasteiger charge is 2.00. The summed E-state index contributed by atoms with van der Waals surface area (Å²) in [6, 6.07) is 11.5. The van der Waals surface area contributed by atoms with Gasteiger partial charge in [-0.05, 0) is 50.2 Å². The molecule has 94 valence electrons. The molecule has 0 bridgehead atoms. The fraction of sp³-hybridized carbons (Fsp3) is 0.214. The van der Waals surface area contributed by atoms with Crippen LogP contribution in [-0.2, 0) is 0 Å². The summed E-state index contributed by atoms with van der Waals surface area (Å²) >= 11 is 0. The van der Waals surface area contributed by atoms with Crippen LogP contribution in [0.4, 0.5) is 17.2 Å². The number of nitrogen functional groups attached to an aromatic ring is 1. The van der Waals surface area contributed by atoms with E-state index in [0.29, 0.717) is 12.3 Å². The van der Waals surface area contributed by atoms with Crippen LogP contribution in [0.3, 0.4) is 0 Å². The van der Waals surface area contributed by atoms with Crippen molar-refractivity contribution in [3.05, 3.63) is 42.1 Å². The lowest BCUT2D eigenvalue weighted by molar-refractivity contribution is 0.340. The lowest BCUT2D eigenvalue weighted by Crippen LogP contribution is -1.98. The lowest BCUT2D eigenvalue weighted by atomic mass is 10.3. The predicted molar refractivity (Wildman–Crippen MR) is 74.3 cm³/mol. The molecular formula is C14H17N3O. The molecule has 0 aliphatic heterocycles. The Hall–Kier alpha value is -2.23. The van der Waals surface area contributed by atoms with Gasteiger partial charge in [-0.2, -0.15) is 0 Å². The van der Waals surface area contributed by atoms with Crippen molar-refractivity contribution in [3.63, 3.8) is 0 Å². The van der Waals surface area contributed by atoms with Crippen molar-refractivity contribution in [3.8, 4) is 5.75 Å². The van der Waals surface area contributed by atoms with Gasteiger partial charge in [0.15, 0.2) is 0 Å². The maximum atomic E-state index is 5.73. The first-order valence-corrected chi connectivity index (χ1v) is 5.92. The number of hydrogen-bond acceptors (Lipinski definition) is 4. The Morgan fingerprint density at radius 2 is 1.89 bits per heavy atom. The number of ether oxygens (including phenoxy) is 1. The monoisotopic (exact) mass is 243 g/mol. The SMILES string of the molecule is CCOc1ccc(Nc2ccc(N)c(C)n2)cc1. The van der Waals surface area contributed by atoms with Crippen molar-refractivity contribution in [1.82, 2.24) is 4.98 Å². The van der Waals surface area contributed by atoms with E-state index in [1.807, 2.05) is 50.2 Å². The molecule has 18 heavy (non-hydrogen) atoms. The van der Waals surface area contributed by atoms with E-state index in [2.05, 4.69) is 10.3 Å². The van der Waals surface area contributed by atoms with E-state index in [0.717, 1.165) is 22.9 Å². The predicted octanol–water partition coefficient (Wildman–Crippen LogP) is 3.11. The van der Waals surface area contributed by atoms with E-state index >= 15 is 0 Å². The minimum atomic E-state index is 0.672. The molecule has 0 aliphatic rings. The molecule has 0 spiro atoms. The molecule has 3 N–H and O–H groups in total. The fourth-order valence-corrected chi connectivity index (χ4v) is 1.59. The first-order valence-electron chi connectivity index (χ1n) is 5.92. The van der Waals surface area contributed by atoms with Gasteiger partial charge in [0, 0.05) is 5.69 Å². The standard InChI is InChI=1S/C14H17N3O/c1-3-18-12-6-4-11(5-7-12)17-14-9-8-13(15)10(2)16-14/h4-9H,3,15H2,1-2H3,(H,16,17). The maximum Gasteiger partial charge on any atom is 0.130 e. The van der Waals surface area contributed by atoms with Crippen molar-refractivity contribution in [2.24, 2.45) is 0 Å². The van der Waals surface area contributed by atoms with E-state index < -0.39 is 0 Å². The van der Waals surface area contributed by atoms with E-state index in [9.17, 15) is 0 Å². The van der Waals surface area contributed by atoms with Gasteiger partial charge < -0.3 is 15.8 Å².